The standard InChI is InChI=1S/C13H16N4O2/c1-3-19-13(18)9-5-4-6-10(12(9)14)15-11-7-8-17(2)16-11/h4-8H,3,14H2,1-2H3,(H,15,16). The van der Waals surface area contributed by atoms with E-state index in [1.807, 2.05) is 19.3 Å². The minimum atomic E-state index is -0.426. The topological polar surface area (TPSA) is 82.2 Å². The van der Waals surface area contributed by atoms with Crippen molar-refractivity contribution in [3.05, 3.63) is 36.0 Å². The van der Waals surface area contributed by atoms with Crippen molar-refractivity contribution in [2.75, 3.05) is 17.7 Å². The molecule has 0 fully saturated rings. The maximum atomic E-state index is 11.7. The van der Waals surface area contributed by atoms with E-state index in [0.29, 0.717) is 29.4 Å². The van der Waals surface area contributed by atoms with Gasteiger partial charge in [0.1, 0.15) is 0 Å². The van der Waals surface area contributed by atoms with Gasteiger partial charge in [0.05, 0.1) is 23.5 Å². The molecule has 0 amide bonds. The van der Waals surface area contributed by atoms with Crippen LogP contribution >= 0.6 is 0 Å². The van der Waals surface area contributed by atoms with Crippen LogP contribution in [-0.2, 0) is 11.8 Å². The van der Waals surface area contributed by atoms with Crippen LogP contribution in [0.5, 0.6) is 0 Å². The number of aromatic nitrogens is 2. The van der Waals surface area contributed by atoms with E-state index in [2.05, 4.69) is 10.4 Å². The fourth-order valence-corrected chi connectivity index (χ4v) is 1.68. The van der Waals surface area contributed by atoms with Gasteiger partial charge in [-0.1, -0.05) is 6.07 Å². The van der Waals surface area contributed by atoms with Crippen LogP contribution in [0.3, 0.4) is 0 Å². The molecule has 0 aliphatic heterocycles. The van der Waals surface area contributed by atoms with Crippen LogP contribution in [0.1, 0.15) is 17.3 Å². The second-order valence-corrected chi connectivity index (χ2v) is 3.99. The zero-order valence-corrected chi connectivity index (χ0v) is 10.9. The Morgan fingerprint density at radius 1 is 1.47 bits per heavy atom. The summed E-state index contributed by atoms with van der Waals surface area (Å²) in [6.45, 7) is 2.07. The Kier molecular flexibility index (Phi) is 3.70. The van der Waals surface area contributed by atoms with E-state index in [9.17, 15) is 4.79 Å². The first-order valence-corrected chi connectivity index (χ1v) is 5.94. The number of para-hydroxylation sites is 1. The maximum absolute atomic E-state index is 11.7. The molecule has 1 heterocycles. The molecule has 0 saturated carbocycles. The van der Waals surface area contributed by atoms with E-state index in [-0.39, 0.29) is 0 Å². The molecular weight excluding hydrogens is 244 g/mol. The number of anilines is 3. The number of hydrogen-bond donors (Lipinski definition) is 2. The SMILES string of the molecule is CCOC(=O)c1cccc(Nc2ccn(C)n2)c1N. The average molecular weight is 260 g/mol. The average Bonchev–Trinajstić information content (AvgIpc) is 2.78. The van der Waals surface area contributed by atoms with Crippen molar-refractivity contribution in [2.24, 2.45) is 7.05 Å². The summed E-state index contributed by atoms with van der Waals surface area (Å²) in [4.78, 5) is 11.7. The fourth-order valence-electron chi connectivity index (χ4n) is 1.68. The number of benzene rings is 1. The monoisotopic (exact) mass is 260 g/mol. The number of nitrogens with one attached hydrogen (secondary N) is 1. The molecule has 100 valence electrons. The number of ether oxygens (including phenoxy) is 1. The van der Waals surface area contributed by atoms with E-state index in [0.717, 1.165) is 0 Å². The zero-order valence-electron chi connectivity index (χ0n) is 10.9. The van der Waals surface area contributed by atoms with Gasteiger partial charge in [0.25, 0.3) is 0 Å². The summed E-state index contributed by atoms with van der Waals surface area (Å²) in [6, 6.07) is 6.98. The number of nitrogens with zero attached hydrogens (tertiary/aromatic N) is 2. The third kappa shape index (κ3) is 2.85. The first-order valence-electron chi connectivity index (χ1n) is 5.94. The second kappa shape index (κ2) is 5.43. The van der Waals surface area contributed by atoms with Crippen molar-refractivity contribution >= 4 is 23.2 Å². The lowest BCUT2D eigenvalue weighted by molar-refractivity contribution is 0.0527. The number of nitrogens with two attached hydrogens (primary N) is 1. The highest BCUT2D eigenvalue weighted by atomic mass is 16.5. The molecule has 6 nitrogen and oxygen atoms in total. The molecule has 0 unspecified atom stereocenters. The van der Waals surface area contributed by atoms with Crippen molar-refractivity contribution in [2.45, 2.75) is 6.92 Å². The van der Waals surface area contributed by atoms with Crippen molar-refractivity contribution < 1.29 is 9.53 Å². The Balaban J connectivity index is 2.27. The smallest absolute Gasteiger partial charge is 0.340 e. The molecule has 19 heavy (non-hydrogen) atoms. The molecule has 0 aliphatic rings. The van der Waals surface area contributed by atoms with Gasteiger partial charge < -0.3 is 15.8 Å². The summed E-state index contributed by atoms with van der Waals surface area (Å²) in [7, 11) is 1.82. The highest BCUT2D eigenvalue weighted by molar-refractivity contribution is 5.98. The van der Waals surface area contributed by atoms with Crippen molar-refractivity contribution in [1.82, 2.24) is 9.78 Å². The van der Waals surface area contributed by atoms with Crippen LogP contribution in [0.4, 0.5) is 17.2 Å². The fraction of sp³-hybridized carbons (Fsp3) is 0.231. The van der Waals surface area contributed by atoms with Gasteiger partial charge in [0, 0.05) is 19.3 Å². The Bertz CT molecular complexity index is 592. The predicted octanol–water partition coefficient (Wildman–Crippen LogP) is 1.92. The Hall–Kier alpha value is -2.50. The van der Waals surface area contributed by atoms with E-state index in [1.54, 1.807) is 29.8 Å². The molecule has 3 N–H and O–H groups in total. The van der Waals surface area contributed by atoms with Crippen LogP contribution in [0, 0.1) is 0 Å². The lowest BCUT2D eigenvalue weighted by Gasteiger charge is -2.10. The lowest BCUT2D eigenvalue weighted by atomic mass is 10.1. The van der Waals surface area contributed by atoms with Gasteiger partial charge in [-0.2, -0.15) is 5.10 Å². The number of rotatable bonds is 4. The van der Waals surface area contributed by atoms with Crippen LogP contribution in [0.25, 0.3) is 0 Å². The van der Waals surface area contributed by atoms with E-state index in [4.69, 9.17) is 10.5 Å². The molecule has 0 aliphatic carbocycles. The van der Waals surface area contributed by atoms with Crippen molar-refractivity contribution in [1.29, 1.82) is 0 Å². The number of nitrogen functional groups attached to an aromatic ring is 1. The normalized spacial score (nSPS) is 10.2. The lowest BCUT2D eigenvalue weighted by Crippen LogP contribution is -2.09. The van der Waals surface area contributed by atoms with Crippen LogP contribution in [0.15, 0.2) is 30.5 Å². The minimum Gasteiger partial charge on any atom is -0.462 e. The second-order valence-electron chi connectivity index (χ2n) is 3.99. The molecule has 0 radical (unpaired) electrons. The largest absolute Gasteiger partial charge is 0.462 e. The summed E-state index contributed by atoms with van der Waals surface area (Å²) in [6.07, 6.45) is 1.81. The van der Waals surface area contributed by atoms with E-state index < -0.39 is 5.97 Å². The third-order valence-electron chi connectivity index (χ3n) is 2.58. The summed E-state index contributed by atoms with van der Waals surface area (Å²) in [5.74, 6) is 0.236. The Morgan fingerprint density at radius 3 is 2.89 bits per heavy atom. The first-order chi connectivity index (χ1) is 9.11. The third-order valence-corrected chi connectivity index (χ3v) is 2.58. The molecule has 0 saturated heterocycles. The number of carbonyl (C=O) groups is 1. The Morgan fingerprint density at radius 2 is 2.26 bits per heavy atom. The van der Waals surface area contributed by atoms with Gasteiger partial charge in [0.2, 0.25) is 0 Å². The predicted molar refractivity (Wildman–Crippen MR) is 73.3 cm³/mol. The highest BCUT2D eigenvalue weighted by Gasteiger charge is 2.13. The number of carbonyl (C=O) groups excluding carboxylic acids is 1. The highest BCUT2D eigenvalue weighted by Crippen LogP contribution is 2.26. The van der Waals surface area contributed by atoms with Crippen molar-refractivity contribution in [3.63, 3.8) is 0 Å². The van der Waals surface area contributed by atoms with Crippen LogP contribution in [0.2, 0.25) is 0 Å². The number of hydrogen-bond acceptors (Lipinski definition) is 5. The van der Waals surface area contributed by atoms with Gasteiger partial charge in [-0.3, -0.25) is 4.68 Å². The molecular formula is C13H16N4O2. The van der Waals surface area contributed by atoms with Gasteiger partial charge in [-0.15, -0.1) is 0 Å². The molecule has 0 bridgehead atoms. The molecule has 1 aromatic heterocycles. The quantitative estimate of drug-likeness (QED) is 0.648. The summed E-state index contributed by atoms with van der Waals surface area (Å²) in [5, 5.41) is 7.26. The maximum Gasteiger partial charge on any atom is 0.340 e. The van der Waals surface area contributed by atoms with Gasteiger partial charge >= 0.3 is 5.97 Å². The summed E-state index contributed by atoms with van der Waals surface area (Å²) >= 11 is 0. The number of esters is 1. The molecule has 0 atom stereocenters. The molecule has 1 aromatic carbocycles. The first kappa shape index (κ1) is 12.9. The summed E-state index contributed by atoms with van der Waals surface area (Å²) in [5.41, 5.74) is 7.30. The molecule has 2 rings (SSSR count). The zero-order chi connectivity index (χ0) is 13.8. The van der Waals surface area contributed by atoms with Gasteiger partial charge in [0.15, 0.2) is 5.82 Å². The molecule has 0 spiro atoms. The Labute approximate surface area is 111 Å². The number of aryl methyl sites for hydroxylation is 1. The van der Waals surface area contributed by atoms with Gasteiger partial charge in [-0.05, 0) is 19.1 Å². The van der Waals surface area contributed by atoms with Gasteiger partial charge in [-0.25, -0.2) is 4.79 Å². The van der Waals surface area contributed by atoms with Crippen LogP contribution < -0.4 is 11.1 Å². The minimum absolute atomic E-state index is 0.316. The molecule has 2 aromatic rings. The molecule has 6 heteroatoms. The van der Waals surface area contributed by atoms with E-state index in [1.165, 1.54) is 0 Å². The van der Waals surface area contributed by atoms with E-state index >= 15 is 0 Å². The summed E-state index contributed by atoms with van der Waals surface area (Å²) < 4.78 is 6.63. The van der Waals surface area contributed by atoms with Crippen LogP contribution in [-0.4, -0.2) is 22.4 Å². The van der Waals surface area contributed by atoms with Crippen molar-refractivity contribution in [3.8, 4) is 0 Å².